The molecule has 0 spiro atoms. The Balaban J connectivity index is 1.58. The number of methoxy groups -OCH3 is 1. The third kappa shape index (κ3) is 3.95. The minimum absolute atomic E-state index is 0.0219. The number of carbonyl (C=O) groups is 2. The maximum Gasteiger partial charge on any atom is 0.251 e. The van der Waals surface area contributed by atoms with Crippen molar-refractivity contribution in [2.45, 2.75) is 69.2 Å². The molecule has 4 rings (SSSR count). The first-order valence-electron chi connectivity index (χ1n) is 10.0. The molecule has 2 aliphatic carbocycles. The number of hydrogen-bond donors (Lipinski definition) is 1. The van der Waals surface area contributed by atoms with Gasteiger partial charge in [-0.15, -0.1) is 0 Å². The smallest absolute Gasteiger partial charge is 0.251 e. The predicted molar refractivity (Wildman–Crippen MR) is 100 cm³/mol. The van der Waals surface area contributed by atoms with Crippen molar-refractivity contribution < 1.29 is 19.1 Å². The molecule has 0 unspecified atom stereocenters. The molecule has 27 heavy (non-hydrogen) atoms. The maximum atomic E-state index is 13.1. The van der Waals surface area contributed by atoms with Gasteiger partial charge in [0.05, 0.1) is 13.2 Å². The van der Waals surface area contributed by atoms with Crippen molar-refractivity contribution >= 4 is 11.8 Å². The molecule has 0 bridgehead atoms. The first kappa shape index (κ1) is 18.3. The van der Waals surface area contributed by atoms with Crippen LogP contribution in [0.25, 0.3) is 0 Å². The molecule has 3 aliphatic rings. The molecule has 1 aliphatic heterocycles. The van der Waals surface area contributed by atoms with Crippen LogP contribution in [0.4, 0.5) is 0 Å². The minimum atomic E-state index is -0.668. The molecule has 0 aromatic heterocycles. The number of nitrogens with zero attached hydrogens (tertiary/aromatic N) is 1. The summed E-state index contributed by atoms with van der Waals surface area (Å²) in [6, 6.07) is 7.67. The zero-order chi connectivity index (χ0) is 18.8. The summed E-state index contributed by atoms with van der Waals surface area (Å²) in [7, 11) is 1.62. The molecular weight excluding hydrogens is 344 g/mol. The SMILES string of the molecule is COc1ccc([C@@H]2[C@@H](C(=O)NC3CCCCC3)OCC(=O)N2C2CC2)cc1. The van der Waals surface area contributed by atoms with E-state index in [-0.39, 0.29) is 36.5 Å². The molecule has 3 fully saturated rings. The van der Waals surface area contributed by atoms with E-state index in [1.165, 1.54) is 6.42 Å². The molecule has 6 heteroatoms. The number of amides is 2. The average molecular weight is 372 g/mol. The molecule has 2 atom stereocenters. The van der Waals surface area contributed by atoms with E-state index < -0.39 is 6.10 Å². The number of rotatable bonds is 5. The van der Waals surface area contributed by atoms with Gasteiger partial charge in [0.2, 0.25) is 5.91 Å². The highest BCUT2D eigenvalue weighted by atomic mass is 16.5. The number of ether oxygens (including phenoxy) is 2. The summed E-state index contributed by atoms with van der Waals surface area (Å²) < 4.78 is 11.0. The van der Waals surface area contributed by atoms with Gasteiger partial charge in [-0.3, -0.25) is 9.59 Å². The van der Waals surface area contributed by atoms with Crippen LogP contribution in [0, 0.1) is 0 Å². The van der Waals surface area contributed by atoms with E-state index in [4.69, 9.17) is 9.47 Å². The summed E-state index contributed by atoms with van der Waals surface area (Å²) >= 11 is 0. The van der Waals surface area contributed by atoms with E-state index in [0.717, 1.165) is 49.8 Å². The summed E-state index contributed by atoms with van der Waals surface area (Å²) in [5, 5.41) is 3.18. The Labute approximate surface area is 160 Å². The lowest BCUT2D eigenvalue weighted by atomic mass is 9.93. The number of benzene rings is 1. The van der Waals surface area contributed by atoms with Crippen LogP contribution < -0.4 is 10.1 Å². The Morgan fingerprint density at radius 1 is 1.11 bits per heavy atom. The normalized spacial score (nSPS) is 26.7. The van der Waals surface area contributed by atoms with Gasteiger partial charge in [-0.25, -0.2) is 0 Å². The van der Waals surface area contributed by atoms with Crippen LogP contribution in [0.5, 0.6) is 5.75 Å². The highest BCUT2D eigenvalue weighted by molar-refractivity contribution is 5.87. The average Bonchev–Trinajstić information content (AvgIpc) is 3.53. The third-order valence-electron chi connectivity index (χ3n) is 5.87. The molecule has 2 amide bonds. The van der Waals surface area contributed by atoms with E-state index in [1.807, 2.05) is 29.2 Å². The van der Waals surface area contributed by atoms with Crippen LogP contribution in [0.1, 0.15) is 56.6 Å². The van der Waals surface area contributed by atoms with Crippen LogP contribution in [0.2, 0.25) is 0 Å². The fourth-order valence-electron chi connectivity index (χ4n) is 4.30. The summed E-state index contributed by atoms with van der Waals surface area (Å²) in [6.07, 6.45) is 6.93. The van der Waals surface area contributed by atoms with Gasteiger partial charge in [0, 0.05) is 12.1 Å². The minimum Gasteiger partial charge on any atom is -0.497 e. The van der Waals surface area contributed by atoms with Crippen LogP contribution in [0.15, 0.2) is 24.3 Å². The van der Waals surface area contributed by atoms with Crippen molar-refractivity contribution in [1.29, 1.82) is 0 Å². The molecule has 0 radical (unpaired) electrons. The monoisotopic (exact) mass is 372 g/mol. The Bertz CT molecular complexity index is 680. The molecule has 6 nitrogen and oxygen atoms in total. The fourth-order valence-corrected chi connectivity index (χ4v) is 4.30. The fraction of sp³-hybridized carbons (Fsp3) is 0.619. The van der Waals surface area contributed by atoms with Crippen molar-refractivity contribution in [3.05, 3.63) is 29.8 Å². The first-order chi connectivity index (χ1) is 13.2. The van der Waals surface area contributed by atoms with Crippen LogP contribution in [-0.4, -0.2) is 48.6 Å². The third-order valence-corrected chi connectivity index (χ3v) is 5.87. The Hall–Kier alpha value is -2.08. The van der Waals surface area contributed by atoms with E-state index in [0.29, 0.717) is 0 Å². The standard InChI is InChI=1S/C21H28N2O4/c1-26-17-11-7-14(8-12-17)19-20(21(25)22-15-5-3-2-4-6-15)27-13-18(24)23(19)16-9-10-16/h7-8,11-12,15-16,19-20H,2-6,9-10,13H2,1H3,(H,22,25)/t19-,20+/m1/s1. The first-order valence-corrected chi connectivity index (χ1v) is 10.0. The lowest BCUT2D eigenvalue weighted by Gasteiger charge is -2.41. The van der Waals surface area contributed by atoms with Crippen LogP contribution >= 0.6 is 0 Å². The highest BCUT2D eigenvalue weighted by Gasteiger charge is 2.47. The number of carbonyl (C=O) groups excluding carboxylic acids is 2. The summed E-state index contributed by atoms with van der Waals surface area (Å²) in [5.41, 5.74) is 0.916. The summed E-state index contributed by atoms with van der Waals surface area (Å²) in [4.78, 5) is 27.5. The molecule has 146 valence electrons. The van der Waals surface area contributed by atoms with Gasteiger partial charge in [-0.2, -0.15) is 0 Å². The van der Waals surface area contributed by atoms with E-state index in [1.54, 1.807) is 7.11 Å². The van der Waals surface area contributed by atoms with Gasteiger partial charge in [0.25, 0.3) is 5.91 Å². The highest BCUT2D eigenvalue weighted by Crippen LogP contribution is 2.40. The number of nitrogens with one attached hydrogen (secondary N) is 1. The molecule has 2 saturated carbocycles. The molecule has 1 aromatic rings. The van der Waals surface area contributed by atoms with Crippen LogP contribution in [-0.2, 0) is 14.3 Å². The maximum absolute atomic E-state index is 13.1. The van der Waals surface area contributed by atoms with Crippen molar-refractivity contribution in [2.24, 2.45) is 0 Å². The van der Waals surface area contributed by atoms with Crippen molar-refractivity contribution in [3.8, 4) is 5.75 Å². The van der Waals surface area contributed by atoms with E-state index >= 15 is 0 Å². The summed E-state index contributed by atoms with van der Waals surface area (Å²) in [6.45, 7) is -0.0219. The molecule has 1 heterocycles. The second-order valence-electron chi connectivity index (χ2n) is 7.83. The molecule has 1 saturated heterocycles. The number of hydrogen-bond acceptors (Lipinski definition) is 4. The Morgan fingerprint density at radius 2 is 1.81 bits per heavy atom. The van der Waals surface area contributed by atoms with E-state index in [2.05, 4.69) is 5.32 Å². The van der Waals surface area contributed by atoms with Gasteiger partial charge in [-0.05, 0) is 43.4 Å². The van der Waals surface area contributed by atoms with Gasteiger partial charge in [-0.1, -0.05) is 31.4 Å². The van der Waals surface area contributed by atoms with Crippen molar-refractivity contribution in [2.75, 3.05) is 13.7 Å². The second kappa shape index (κ2) is 7.89. The predicted octanol–water partition coefficient (Wildman–Crippen LogP) is 2.58. The van der Waals surface area contributed by atoms with Crippen molar-refractivity contribution in [3.63, 3.8) is 0 Å². The Kier molecular flexibility index (Phi) is 5.34. The van der Waals surface area contributed by atoms with Gasteiger partial charge >= 0.3 is 0 Å². The second-order valence-corrected chi connectivity index (χ2v) is 7.83. The lowest BCUT2D eigenvalue weighted by molar-refractivity contribution is -0.165. The quantitative estimate of drug-likeness (QED) is 0.863. The topological polar surface area (TPSA) is 67.9 Å². The van der Waals surface area contributed by atoms with Gasteiger partial charge in [0.1, 0.15) is 12.4 Å². The van der Waals surface area contributed by atoms with Crippen molar-refractivity contribution in [1.82, 2.24) is 10.2 Å². The summed E-state index contributed by atoms with van der Waals surface area (Å²) in [5.74, 6) is 0.629. The van der Waals surface area contributed by atoms with Gasteiger partial charge < -0.3 is 19.7 Å². The zero-order valence-electron chi connectivity index (χ0n) is 15.9. The Morgan fingerprint density at radius 3 is 2.44 bits per heavy atom. The molecule has 1 aromatic carbocycles. The lowest BCUT2D eigenvalue weighted by Crippen LogP contribution is -2.56. The van der Waals surface area contributed by atoms with Crippen LogP contribution in [0.3, 0.4) is 0 Å². The largest absolute Gasteiger partial charge is 0.497 e. The zero-order valence-corrected chi connectivity index (χ0v) is 15.9. The molecule has 1 N–H and O–H groups in total. The number of morpholine rings is 1. The molecular formula is C21H28N2O4. The van der Waals surface area contributed by atoms with Gasteiger partial charge in [0.15, 0.2) is 6.10 Å². The van der Waals surface area contributed by atoms with E-state index in [9.17, 15) is 9.59 Å².